The van der Waals surface area contributed by atoms with Crippen LogP contribution in [0.3, 0.4) is 0 Å². The van der Waals surface area contributed by atoms with E-state index < -0.39 is 0 Å². The van der Waals surface area contributed by atoms with Crippen molar-refractivity contribution in [2.75, 3.05) is 0 Å². The monoisotopic (exact) mass is 363 g/mol. The lowest BCUT2D eigenvalue weighted by molar-refractivity contribution is -0.131. The molecule has 0 atom stereocenters. The van der Waals surface area contributed by atoms with Gasteiger partial charge < -0.3 is 4.74 Å². The molecule has 0 N–H and O–H groups in total. The van der Waals surface area contributed by atoms with Crippen LogP contribution < -0.4 is 14.8 Å². The Morgan fingerprint density at radius 2 is 1.96 bits per heavy atom. The zero-order valence-electron chi connectivity index (χ0n) is 13.7. The Bertz CT molecular complexity index is 1210. The number of hydrogen-bond donors (Lipinski definition) is 0. The van der Waals surface area contributed by atoms with Crippen molar-refractivity contribution in [3.8, 4) is 17.1 Å². The van der Waals surface area contributed by atoms with Crippen LogP contribution in [0.25, 0.3) is 22.4 Å². The normalized spacial score (nSPS) is 11.8. The minimum Gasteiger partial charge on any atom is -0.427 e. The molecule has 2 aromatic carbocycles. The Morgan fingerprint density at radius 3 is 2.69 bits per heavy atom. The highest BCUT2D eigenvalue weighted by Crippen LogP contribution is 2.16. The summed E-state index contributed by atoms with van der Waals surface area (Å²) < 4.78 is 6.90. The molecule has 0 fully saturated rings. The summed E-state index contributed by atoms with van der Waals surface area (Å²) in [4.78, 5) is 28.6. The summed E-state index contributed by atoms with van der Waals surface area (Å²) in [5, 5.41) is 4.32. The van der Waals surface area contributed by atoms with Gasteiger partial charge in [0.2, 0.25) is 4.96 Å². The zero-order chi connectivity index (χ0) is 18.1. The van der Waals surface area contributed by atoms with Gasteiger partial charge in [-0.3, -0.25) is 9.59 Å². The van der Waals surface area contributed by atoms with Gasteiger partial charge in [-0.25, -0.2) is 0 Å². The van der Waals surface area contributed by atoms with Gasteiger partial charge >= 0.3 is 5.97 Å². The molecular weight excluding hydrogens is 350 g/mol. The largest absolute Gasteiger partial charge is 0.427 e. The number of carbonyl (C=O) groups is 1. The van der Waals surface area contributed by atoms with Gasteiger partial charge in [-0.1, -0.05) is 53.8 Å². The summed E-state index contributed by atoms with van der Waals surface area (Å²) in [5.74, 6) is 0.570. The van der Waals surface area contributed by atoms with E-state index in [0.717, 1.165) is 11.1 Å². The summed E-state index contributed by atoms with van der Waals surface area (Å²) in [5.41, 5.74) is 1.40. The Hall–Kier alpha value is -3.32. The van der Waals surface area contributed by atoms with Crippen molar-refractivity contribution in [3.05, 3.63) is 75.0 Å². The highest BCUT2D eigenvalue weighted by Gasteiger charge is 2.11. The molecule has 2 aromatic heterocycles. The lowest BCUT2D eigenvalue weighted by atomic mass is 10.2. The Labute approximate surface area is 152 Å². The van der Waals surface area contributed by atoms with Gasteiger partial charge in [-0.2, -0.15) is 9.50 Å². The van der Waals surface area contributed by atoms with Crippen LogP contribution in [0.1, 0.15) is 12.5 Å². The number of benzene rings is 2. The van der Waals surface area contributed by atoms with E-state index in [4.69, 9.17) is 4.74 Å². The van der Waals surface area contributed by atoms with Crippen molar-refractivity contribution in [2.45, 2.75) is 6.92 Å². The fourth-order valence-corrected chi connectivity index (χ4v) is 3.44. The molecule has 0 spiro atoms. The van der Waals surface area contributed by atoms with Crippen LogP contribution in [0.5, 0.6) is 5.75 Å². The second-order valence-corrected chi connectivity index (χ2v) is 6.59. The van der Waals surface area contributed by atoms with Gasteiger partial charge in [0.1, 0.15) is 5.75 Å². The molecule has 26 heavy (non-hydrogen) atoms. The summed E-state index contributed by atoms with van der Waals surface area (Å²) in [6.45, 7) is 1.34. The van der Waals surface area contributed by atoms with E-state index in [2.05, 4.69) is 10.1 Å². The molecule has 0 unspecified atom stereocenters. The van der Waals surface area contributed by atoms with Gasteiger partial charge in [0, 0.05) is 12.5 Å². The third kappa shape index (κ3) is 3.12. The topological polar surface area (TPSA) is 73.6 Å². The first-order valence-corrected chi connectivity index (χ1v) is 8.67. The average Bonchev–Trinajstić information content (AvgIpc) is 3.16. The van der Waals surface area contributed by atoms with Crippen molar-refractivity contribution < 1.29 is 9.53 Å². The van der Waals surface area contributed by atoms with E-state index in [1.807, 2.05) is 36.4 Å². The molecule has 0 saturated heterocycles. The first-order chi connectivity index (χ1) is 12.6. The van der Waals surface area contributed by atoms with Crippen molar-refractivity contribution in [2.24, 2.45) is 0 Å². The number of thiazole rings is 1. The number of fused-ring (bicyclic) bond motifs is 1. The first-order valence-electron chi connectivity index (χ1n) is 7.85. The second kappa shape index (κ2) is 6.53. The molecular formula is C19H13N3O3S. The molecule has 0 bridgehead atoms. The Kier molecular flexibility index (Phi) is 4.06. The molecule has 4 rings (SSSR count). The van der Waals surface area contributed by atoms with Crippen LogP contribution in [-0.2, 0) is 4.79 Å². The summed E-state index contributed by atoms with van der Waals surface area (Å²) in [7, 11) is 0. The molecule has 7 heteroatoms. The van der Waals surface area contributed by atoms with Gasteiger partial charge in [0.15, 0.2) is 5.82 Å². The fourth-order valence-electron chi connectivity index (χ4n) is 2.53. The van der Waals surface area contributed by atoms with Crippen LogP contribution in [0.4, 0.5) is 0 Å². The maximum atomic E-state index is 12.6. The van der Waals surface area contributed by atoms with E-state index in [1.165, 1.54) is 22.8 Å². The average molecular weight is 363 g/mol. The van der Waals surface area contributed by atoms with E-state index in [0.29, 0.717) is 21.1 Å². The number of rotatable bonds is 3. The van der Waals surface area contributed by atoms with Gasteiger partial charge in [0.05, 0.1) is 4.53 Å². The van der Waals surface area contributed by atoms with Gasteiger partial charge in [-0.15, -0.1) is 5.10 Å². The van der Waals surface area contributed by atoms with Crippen molar-refractivity contribution >= 4 is 28.3 Å². The zero-order valence-corrected chi connectivity index (χ0v) is 14.6. The molecule has 128 valence electrons. The number of carbonyl (C=O) groups excluding carboxylic acids is 1. The molecule has 0 aliphatic carbocycles. The number of ether oxygens (including phenoxy) is 1. The number of aromatic nitrogens is 3. The van der Waals surface area contributed by atoms with Crippen molar-refractivity contribution in [3.63, 3.8) is 0 Å². The SMILES string of the molecule is CC(=O)Oc1cccc(/C=c2/sc3nc(-c4ccccc4)nn3c2=O)c1. The molecule has 0 radical (unpaired) electrons. The summed E-state index contributed by atoms with van der Waals surface area (Å²) in [6.07, 6.45) is 1.73. The predicted octanol–water partition coefficient (Wildman–Crippen LogP) is 2.29. The highest BCUT2D eigenvalue weighted by atomic mass is 32.1. The van der Waals surface area contributed by atoms with Crippen LogP contribution in [0, 0.1) is 0 Å². The van der Waals surface area contributed by atoms with Crippen LogP contribution in [0.2, 0.25) is 0 Å². The smallest absolute Gasteiger partial charge is 0.308 e. The second-order valence-electron chi connectivity index (χ2n) is 5.58. The van der Waals surface area contributed by atoms with E-state index >= 15 is 0 Å². The maximum absolute atomic E-state index is 12.6. The van der Waals surface area contributed by atoms with E-state index in [1.54, 1.807) is 24.3 Å². The molecule has 2 heterocycles. The minimum atomic E-state index is -0.390. The standard InChI is InChI=1S/C19H13N3O3S/c1-12(23)25-15-9-5-6-13(10-15)11-16-18(24)22-19(26-16)20-17(21-22)14-7-3-2-4-8-14/h2-11H,1H3/b16-11+. The lowest BCUT2D eigenvalue weighted by Crippen LogP contribution is -2.23. The van der Waals surface area contributed by atoms with Crippen molar-refractivity contribution in [1.82, 2.24) is 14.6 Å². The first kappa shape index (κ1) is 16.2. The van der Waals surface area contributed by atoms with E-state index in [9.17, 15) is 9.59 Å². The third-order valence-electron chi connectivity index (χ3n) is 3.63. The number of nitrogens with zero attached hydrogens (tertiary/aromatic N) is 3. The predicted molar refractivity (Wildman–Crippen MR) is 99.1 cm³/mol. The minimum absolute atomic E-state index is 0.224. The summed E-state index contributed by atoms with van der Waals surface area (Å²) >= 11 is 1.27. The molecule has 0 aliphatic rings. The van der Waals surface area contributed by atoms with Crippen LogP contribution in [-0.4, -0.2) is 20.6 Å². The van der Waals surface area contributed by atoms with Gasteiger partial charge in [0.25, 0.3) is 5.56 Å². The van der Waals surface area contributed by atoms with E-state index in [-0.39, 0.29) is 11.5 Å². The van der Waals surface area contributed by atoms with Crippen LogP contribution in [0.15, 0.2) is 59.4 Å². The highest BCUT2D eigenvalue weighted by molar-refractivity contribution is 7.15. The van der Waals surface area contributed by atoms with Crippen LogP contribution >= 0.6 is 11.3 Å². The molecule has 4 aromatic rings. The van der Waals surface area contributed by atoms with Crippen molar-refractivity contribution in [1.29, 1.82) is 0 Å². The number of esters is 1. The molecule has 0 amide bonds. The number of hydrogen-bond acceptors (Lipinski definition) is 6. The quantitative estimate of drug-likeness (QED) is 0.412. The Balaban J connectivity index is 1.75. The maximum Gasteiger partial charge on any atom is 0.308 e. The Morgan fingerprint density at radius 1 is 1.15 bits per heavy atom. The third-order valence-corrected chi connectivity index (χ3v) is 4.59. The molecule has 0 saturated carbocycles. The molecule has 0 aliphatic heterocycles. The lowest BCUT2D eigenvalue weighted by Gasteiger charge is -2.01. The summed E-state index contributed by atoms with van der Waals surface area (Å²) in [6, 6.07) is 16.5. The van der Waals surface area contributed by atoms with Gasteiger partial charge in [-0.05, 0) is 23.8 Å². The molecule has 6 nitrogen and oxygen atoms in total. The fraction of sp³-hybridized carbons (Fsp3) is 0.0526.